The molecule has 3 nitrogen and oxygen atoms in total. The highest BCUT2D eigenvalue weighted by molar-refractivity contribution is 5.76. The van der Waals surface area contributed by atoms with Crippen molar-refractivity contribution in [3.05, 3.63) is 0 Å². The van der Waals surface area contributed by atoms with E-state index in [1.807, 2.05) is 20.8 Å². The van der Waals surface area contributed by atoms with Gasteiger partial charge in [-0.1, -0.05) is 20.8 Å². The molecule has 0 spiro atoms. The summed E-state index contributed by atoms with van der Waals surface area (Å²) in [7, 11) is 0. The summed E-state index contributed by atoms with van der Waals surface area (Å²) in [6.07, 6.45) is 0.887. The Labute approximate surface area is 98.9 Å². The summed E-state index contributed by atoms with van der Waals surface area (Å²) in [4.78, 5) is 11.9. The zero-order valence-corrected chi connectivity index (χ0v) is 11.3. The van der Waals surface area contributed by atoms with E-state index in [2.05, 4.69) is 26.1 Å². The van der Waals surface area contributed by atoms with Crippen LogP contribution in [0.1, 0.15) is 48.0 Å². The highest BCUT2D eigenvalue weighted by atomic mass is 16.6. The van der Waals surface area contributed by atoms with Crippen LogP contribution in [0.15, 0.2) is 0 Å². The lowest BCUT2D eigenvalue weighted by molar-refractivity contribution is -0.157. The topological polar surface area (TPSA) is 38.3 Å². The van der Waals surface area contributed by atoms with E-state index in [9.17, 15) is 4.79 Å². The van der Waals surface area contributed by atoms with Crippen LogP contribution in [0.5, 0.6) is 0 Å². The minimum absolute atomic E-state index is 0.109. The maximum atomic E-state index is 11.9. The Morgan fingerprint density at radius 3 is 2.31 bits per heavy atom. The van der Waals surface area contributed by atoms with Gasteiger partial charge in [0.25, 0.3) is 0 Å². The number of esters is 1. The van der Waals surface area contributed by atoms with E-state index < -0.39 is 5.60 Å². The second-order valence-electron chi connectivity index (χ2n) is 6.24. The molecule has 1 aliphatic rings. The van der Waals surface area contributed by atoms with Crippen LogP contribution < -0.4 is 5.32 Å². The third kappa shape index (κ3) is 3.48. The van der Waals surface area contributed by atoms with Gasteiger partial charge in [-0.05, 0) is 39.0 Å². The van der Waals surface area contributed by atoms with Crippen molar-refractivity contribution in [1.29, 1.82) is 0 Å². The molecule has 1 rings (SSSR count). The Morgan fingerprint density at radius 2 is 1.94 bits per heavy atom. The first-order valence-electron chi connectivity index (χ1n) is 6.19. The van der Waals surface area contributed by atoms with E-state index in [4.69, 9.17) is 4.74 Å². The minimum Gasteiger partial charge on any atom is -0.459 e. The lowest BCUT2D eigenvalue weighted by atomic mass is 9.93. The smallest absolute Gasteiger partial charge is 0.323 e. The summed E-state index contributed by atoms with van der Waals surface area (Å²) < 4.78 is 5.40. The van der Waals surface area contributed by atoms with Crippen LogP contribution >= 0.6 is 0 Å². The van der Waals surface area contributed by atoms with E-state index in [1.54, 1.807) is 0 Å². The highest BCUT2D eigenvalue weighted by Crippen LogP contribution is 2.26. The van der Waals surface area contributed by atoms with Crippen molar-refractivity contribution in [2.24, 2.45) is 11.8 Å². The van der Waals surface area contributed by atoms with Gasteiger partial charge in [0.1, 0.15) is 11.6 Å². The van der Waals surface area contributed by atoms with Crippen LogP contribution in [0.25, 0.3) is 0 Å². The summed E-state index contributed by atoms with van der Waals surface area (Å²) in [5.74, 6) is 0.988. The molecule has 0 aliphatic carbocycles. The van der Waals surface area contributed by atoms with Crippen molar-refractivity contribution in [2.75, 3.05) is 0 Å². The molecule has 3 heteroatoms. The molecule has 16 heavy (non-hydrogen) atoms. The Hall–Kier alpha value is -0.570. The molecule has 1 saturated heterocycles. The SMILES string of the molecule is CC(C)[C@H]1NC(C(=O)OC(C)(C)C)C[C@@H]1C. The molecule has 1 heterocycles. The third-order valence-corrected chi connectivity index (χ3v) is 3.02. The average Bonchev–Trinajstić information content (AvgIpc) is 2.44. The predicted molar refractivity (Wildman–Crippen MR) is 65.2 cm³/mol. The van der Waals surface area contributed by atoms with Crippen molar-refractivity contribution in [3.63, 3.8) is 0 Å². The minimum atomic E-state index is -0.391. The second-order valence-corrected chi connectivity index (χ2v) is 6.24. The second kappa shape index (κ2) is 4.74. The van der Waals surface area contributed by atoms with Crippen LogP contribution in [0.2, 0.25) is 0 Å². The molecule has 3 atom stereocenters. The molecule has 1 N–H and O–H groups in total. The molecule has 0 bridgehead atoms. The number of rotatable bonds is 2. The molecule has 0 amide bonds. The van der Waals surface area contributed by atoms with Crippen LogP contribution in [-0.2, 0) is 9.53 Å². The van der Waals surface area contributed by atoms with Gasteiger partial charge in [-0.15, -0.1) is 0 Å². The largest absolute Gasteiger partial charge is 0.459 e. The Balaban J connectivity index is 2.55. The fourth-order valence-corrected chi connectivity index (χ4v) is 2.37. The standard InChI is InChI=1S/C13H25NO2/c1-8(2)11-9(3)7-10(14-11)12(15)16-13(4,5)6/h8-11,14H,7H2,1-6H3/t9-,10?,11+/m0/s1. The average molecular weight is 227 g/mol. The van der Waals surface area contributed by atoms with E-state index in [1.165, 1.54) is 0 Å². The summed E-state index contributed by atoms with van der Waals surface area (Å²) in [5.41, 5.74) is -0.391. The maximum Gasteiger partial charge on any atom is 0.323 e. The van der Waals surface area contributed by atoms with Gasteiger partial charge < -0.3 is 10.1 Å². The van der Waals surface area contributed by atoms with Gasteiger partial charge >= 0.3 is 5.97 Å². The van der Waals surface area contributed by atoms with Crippen molar-refractivity contribution in [2.45, 2.75) is 65.6 Å². The summed E-state index contributed by atoms with van der Waals surface area (Å²) in [6, 6.07) is 0.305. The number of carbonyl (C=O) groups is 1. The summed E-state index contributed by atoms with van der Waals surface area (Å²) in [5, 5.41) is 3.39. The number of hydrogen-bond acceptors (Lipinski definition) is 3. The fraction of sp³-hybridized carbons (Fsp3) is 0.923. The van der Waals surface area contributed by atoms with Crippen molar-refractivity contribution in [1.82, 2.24) is 5.32 Å². The summed E-state index contributed by atoms with van der Waals surface area (Å²) in [6.45, 7) is 12.3. The van der Waals surface area contributed by atoms with E-state index >= 15 is 0 Å². The molecular weight excluding hydrogens is 202 g/mol. The van der Waals surface area contributed by atoms with Crippen molar-refractivity contribution >= 4 is 5.97 Å². The van der Waals surface area contributed by atoms with Gasteiger partial charge in [-0.3, -0.25) is 4.79 Å². The van der Waals surface area contributed by atoms with E-state index in [-0.39, 0.29) is 12.0 Å². The first kappa shape index (κ1) is 13.5. The summed E-state index contributed by atoms with van der Waals surface area (Å²) >= 11 is 0. The van der Waals surface area contributed by atoms with Gasteiger partial charge in [0.2, 0.25) is 0 Å². The molecule has 0 aromatic heterocycles. The molecular formula is C13H25NO2. The molecule has 1 fully saturated rings. The quantitative estimate of drug-likeness (QED) is 0.736. The van der Waals surface area contributed by atoms with Gasteiger partial charge in [0.05, 0.1) is 0 Å². The Bertz CT molecular complexity index is 255. The monoisotopic (exact) mass is 227 g/mol. The predicted octanol–water partition coefficient (Wildman–Crippen LogP) is 2.35. The van der Waals surface area contributed by atoms with Gasteiger partial charge in [0.15, 0.2) is 0 Å². The van der Waals surface area contributed by atoms with Crippen LogP contribution in [0.4, 0.5) is 0 Å². The van der Waals surface area contributed by atoms with Crippen molar-refractivity contribution < 1.29 is 9.53 Å². The molecule has 0 saturated carbocycles. The number of carbonyl (C=O) groups excluding carboxylic acids is 1. The lowest BCUT2D eigenvalue weighted by Gasteiger charge is -2.23. The van der Waals surface area contributed by atoms with Crippen LogP contribution in [0.3, 0.4) is 0 Å². The van der Waals surface area contributed by atoms with E-state index in [0.29, 0.717) is 17.9 Å². The van der Waals surface area contributed by atoms with Gasteiger partial charge in [-0.25, -0.2) is 0 Å². The molecule has 94 valence electrons. The lowest BCUT2D eigenvalue weighted by Crippen LogP contribution is -2.41. The van der Waals surface area contributed by atoms with Crippen molar-refractivity contribution in [3.8, 4) is 0 Å². The number of ether oxygens (including phenoxy) is 1. The highest BCUT2D eigenvalue weighted by Gasteiger charge is 2.37. The van der Waals surface area contributed by atoms with Crippen LogP contribution in [-0.4, -0.2) is 23.7 Å². The molecule has 0 radical (unpaired) electrons. The maximum absolute atomic E-state index is 11.9. The molecule has 1 aliphatic heterocycles. The third-order valence-electron chi connectivity index (χ3n) is 3.02. The van der Waals surface area contributed by atoms with Gasteiger partial charge in [0, 0.05) is 6.04 Å². The zero-order chi connectivity index (χ0) is 12.5. The Morgan fingerprint density at radius 1 is 1.38 bits per heavy atom. The Kier molecular flexibility index (Phi) is 4.00. The molecule has 0 aromatic carbocycles. The molecule has 1 unspecified atom stereocenters. The van der Waals surface area contributed by atoms with Gasteiger partial charge in [-0.2, -0.15) is 0 Å². The number of hydrogen-bond donors (Lipinski definition) is 1. The molecule has 0 aromatic rings. The first-order valence-corrected chi connectivity index (χ1v) is 6.19. The van der Waals surface area contributed by atoms with Crippen LogP contribution in [0, 0.1) is 11.8 Å². The van der Waals surface area contributed by atoms with E-state index in [0.717, 1.165) is 6.42 Å². The zero-order valence-electron chi connectivity index (χ0n) is 11.3. The number of nitrogens with one attached hydrogen (secondary N) is 1. The first-order chi connectivity index (χ1) is 7.20. The normalized spacial score (nSPS) is 30.8. The fourth-order valence-electron chi connectivity index (χ4n) is 2.37.